The van der Waals surface area contributed by atoms with Gasteiger partial charge in [-0.3, -0.25) is 9.59 Å². The van der Waals surface area contributed by atoms with Crippen molar-refractivity contribution in [3.05, 3.63) is 51.5 Å². The molecule has 132 valence electrons. The first-order chi connectivity index (χ1) is 12.0. The standard InChI is InChI=1S/C19H23N3O2S/c1-12(2)18-21-13(3)16(25-18)19(24)22-10-9-20-17(23)15(22)11-14-7-5-4-6-8-14/h4-8,12,15H,9-11H2,1-3H3,(H,20,23)/t15-/m0/s1. The fraction of sp³-hybridized carbons (Fsp3) is 0.421. The maximum atomic E-state index is 13.1. The van der Waals surface area contributed by atoms with Gasteiger partial charge in [-0.2, -0.15) is 0 Å². The summed E-state index contributed by atoms with van der Waals surface area (Å²) in [6.45, 7) is 7.02. The van der Waals surface area contributed by atoms with Crippen molar-refractivity contribution in [1.29, 1.82) is 0 Å². The first kappa shape index (κ1) is 17.6. The Bertz CT molecular complexity index is 770. The molecule has 1 aromatic carbocycles. The second kappa shape index (κ2) is 7.35. The van der Waals surface area contributed by atoms with Crippen LogP contribution in [0.1, 0.15) is 45.7 Å². The second-order valence-corrected chi connectivity index (χ2v) is 7.65. The van der Waals surface area contributed by atoms with Crippen LogP contribution in [-0.2, 0) is 11.2 Å². The number of carbonyl (C=O) groups excluding carboxylic acids is 2. The van der Waals surface area contributed by atoms with Crippen LogP contribution in [0.3, 0.4) is 0 Å². The zero-order chi connectivity index (χ0) is 18.0. The second-order valence-electron chi connectivity index (χ2n) is 6.62. The van der Waals surface area contributed by atoms with E-state index >= 15 is 0 Å². The SMILES string of the molecule is Cc1nc(C(C)C)sc1C(=O)N1CCNC(=O)[C@@H]1Cc1ccccc1. The van der Waals surface area contributed by atoms with Gasteiger partial charge in [-0.25, -0.2) is 4.98 Å². The Labute approximate surface area is 152 Å². The minimum Gasteiger partial charge on any atom is -0.353 e. The molecule has 1 atom stereocenters. The first-order valence-corrected chi connectivity index (χ1v) is 9.39. The molecule has 1 aromatic heterocycles. The monoisotopic (exact) mass is 357 g/mol. The number of aromatic nitrogens is 1. The number of benzene rings is 1. The molecule has 1 aliphatic rings. The Morgan fingerprint density at radius 1 is 1.36 bits per heavy atom. The van der Waals surface area contributed by atoms with Crippen LogP contribution in [0.25, 0.3) is 0 Å². The van der Waals surface area contributed by atoms with Crippen LogP contribution in [0.4, 0.5) is 0 Å². The quantitative estimate of drug-likeness (QED) is 0.915. The summed E-state index contributed by atoms with van der Waals surface area (Å²) in [5.74, 6) is 0.113. The fourth-order valence-corrected chi connectivity index (χ4v) is 4.02. The van der Waals surface area contributed by atoms with Crippen molar-refractivity contribution in [3.8, 4) is 0 Å². The number of nitrogens with one attached hydrogen (secondary N) is 1. The molecule has 0 saturated carbocycles. The van der Waals surface area contributed by atoms with Crippen molar-refractivity contribution < 1.29 is 9.59 Å². The smallest absolute Gasteiger partial charge is 0.266 e. The average molecular weight is 357 g/mol. The minimum absolute atomic E-state index is 0.0855. The predicted octanol–water partition coefficient (Wildman–Crippen LogP) is 2.76. The van der Waals surface area contributed by atoms with Crippen LogP contribution in [-0.4, -0.2) is 40.8 Å². The highest BCUT2D eigenvalue weighted by atomic mass is 32.1. The van der Waals surface area contributed by atoms with Crippen molar-refractivity contribution in [2.24, 2.45) is 0 Å². The van der Waals surface area contributed by atoms with Crippen LogP contribution in [0, 0.1) is 6.92 Å². The lowest BCUT2D eigenvalue weighted by atomic mass is 10.0. The number of carbonyl (C=O) groups is 2. The summed E-state index contributed by atoms with van der Waals surface area (Å²) in [4.78, 5) is 32.4. The van der Waals surface area contributed by atoms with Crippen LogP contribution in [0.5, 0.6) is 0 Å². The largest absolute Gasteiger partial charge is 0.353 e. The molecule has 3 rings (SSSR count). The maximum Gasteiger partial charge on any atom is 0.266 e. The van der Waals surface area contributed by atoms with E-state index in [0.29, 0.717) is 24.4 Å². The molecule has 5 nitrogen and oxygen atoms in total. The molecule has 0 bridgehead atoms. The van der Waals surface area contributed by atoms with E-state index in [-0.39, 0.29) is 17.7 Å². The average Bonchev–Trinajstić information content (AvgIpc) is 2.99. The molecular formula is C19H23N3O2S. The van der Waals surface area contributed by atoms with E-state index < -0.39 is 6.04 Å². The molecule has 1 saturated heterocycles. The normalized spacial score (nSPS) is 17.7. The van der Waals surface area contributed by atoms with Gasteiger partial charge in [0, 0.05) is 25.4 Å². The summed E-state index contributed by atoms with van der Waals surface area (Å²) >= 11 is 1.44. The Hall–Kier alpha value is -2.21. The molecule has 1 aliphatic heterocycles. The van der Waals surface area contributed by atoms with Crippen molar-refractivity contribution in [1.82, 2.24) is 15.2 Å². The Morgan fingerprint density at radius 2 is 2.08 bits per heavy atom. The highest BCUT2D eigenvalue weighted by Gasteiger charge is 2.35. The first-order valence-electron chi connectivity index (χ1n) is 8.57. The Morgan fingerprint density at radius 3 is 2.72 bits per heavy atom. The third-order valence-electron chi connectivity index (χ3n) is 4.36. The summed E-state index contributed by atoms with van der Waals surface area (Å²) in [6, 6.07) is 9.34. The zero-order valence-electron chi connectivity index (χ0n) is 14.8. The lowest BCUT2D eigenvalue weighted by molar-refractivity contribution is -0.127. The number of amides is 2. The molecule has 0 radical (unpaired) electrons. The molecule has 2 amide bonds. The van der Waals surface area contributed by atoms with E-state index in [0.717, 1.165) is 16.3 Å². The van der Waals surface area contributed by atoms with E-state index in [4.69, 9.17) is 0 Å². The number of nitrogens with zero attached hydrogens (tertiary/aromatic N) is 2. The minimum atomic E-state index is -0.479. The molecule has 25 heavy (non-hydrogen) atoms. The van der Waals surface area contributed by atoms with E-state index in [9.17, 15) is 9.59 Å². The van der Waals surface area contributed by atoms with Gasteiger partial charge in [0.15, 0.2) is 0 Å². The predicted molar refractivity (Wildman–Crippen MR) is 98.9 cm³/mol. The van der Waals surface area contributed by atoms with Gasteiger partial charge < -0.3 is 10.2 Å². The van der Waals surface area contributed by atoms with Gasteiger partial charge in [0.2, 0.25) is 5.91 Å². The van der Waals surface area contributed by atoms with Crippen molar-refractivity contribution in [2.75, 3.05) is 13.1 Å². The molecule has 1 fully saturated rings. The number of rotatable bonds is 4. The molecule has 0 spiro atoms. The molecule has 2 aromatic rings. The van der Waals surface area contributed by atoms with Crippen molar-refractivity contribution in [3.63, 3.8) is 0 Å². The third-order valence-corrected chi connectivity index (χ3v) is 5.81. The topological polar surface area (TPSA) is 62.3 Å². The number of aryl methyl sites for hydroxylation is 1. The summed E-state index contributed by atoms with van der Waals surface area (Å²) in [5.41, 5.74) is 1.80. The molecule has 2 heterocycles. The lowest BCUT2D eigenvalue weighted by Gasteiger charge is -2.35. The summed E-state index contributed by atoms with van der Waals surface area (Å²) in [6.07, 6.45) is 0.521. The van der Waals surface area contributed by atoms with Gasteiger partial charge in [-0.05, 0) is 12.5 Å². The fourth-order valence-electron chi connectivity index (χ4n) is 2.99. The molecule has 0 aliphatic carbocycles. The van der Waals surface area contributed by atoms with Crippen LogP contribution in [0.15, 0.2) is 30.3 Å². The Kier molecular flexibility index (Phi) is 5.18. The number of hydrogen-bond donors (Lipinski definition) is 1. The van der Waals surface area contributed by atoms with Gasteiger partial charge >= 0.3 is 0 Å². The summed E-state index contributed by atoms with van der Waals surface area (Å²) < 4.78 is 0. The summed E-state index contributed by atoms with van der Waals surface area (Å²) in [7, 11) is 0. The van der Waals surface area contributed by atoms with Gasteiger partial charge in [0.1, 0.15) is 10.9 Å². The van der Waals surface area contributed by atoms with Gasteiger partial charge in [-0.15, -0.1) is 11.3 Å². The lowest BCUT2D eigenvalue weighted by Crippen LogP contribution is -2.58. The van der Waals surface area contributed by atoms with E-state index in [2.05, 4.69) is 24.1 Å². The maximum absolute atomic E-state index is 13.1. The molecule has 1 N–H and O–H groups in total. The van der Waals surface area contributed by atoms with Crippen LogP contribution >= 0.6 is 11.3 Å². The van der Waals surface area contributed by atoms with Gasteiger partial charge in [0.25, 0.3) is 5.91 Å². The molecular weight excluding hydrogens is 334 g/mol. The van der Waals surface area contributed by atoms with Crippen LogP contribution in [0.2, 0.25) is 0 Å². The van der Waals surface area contributed by atoms with E-state index in [1.54, 1.807) is 4.90 Å². The molecule has 0 unspecified atom stereocenters. The van der Waals surface area contributed by atoms with Crippen molar-refractivity contribution >= 4 is 23.2 Å². The van der Waals surface area contributed by atoms with Crippen molar-refractivity contribution in [2.45, 2.75) is 39.2 Å². The number of thiazole rings is 1. The highest BCUT2D eigenvalue weighted by Crippen LogP contribution is 2.27. The zero-order valence-corrected chi connectivity index (χ0v) is 15.6. The molecule has 6 heteroatoms. The van der Waals surface area contributed by atoms with E-state index in [1.165, 1.54) is 11.3 Å². The van der Waals surface area contributed by atoms with Gasteiger partial charge in [-0.1, -0.05) is 44.2 Å². The Balaban J connectivity index is 1.87. The third kappa shape index (κ3) is 3.74. The van der Waals surface area contributed by atoms with Gasteiger partial charge in [0.05, 0.1) is 10.7 Å². The van der Waals surface area contributed by atoms with Crippen LogP contribution < -0.4 is 5.32 Å². The number of piperazine rings is 1. The highest BCUT2D eigenvalue weighted by molar-refractivity contribution is 7.13. The number of hydrogen-bond acceptors (Lipinski definition) is 4. The summed E-state index contributed by atoms with van der Waals surface area (Å²) in [5, 5.41) is 3.84. The van der Waals surface area contributed by atoms with E-state index in [1.807, 2.05) is 37.3 Å².